The van der Waals surface area contributed by atoms with Crippen LogP contribution in [-0.4, -0.2) is 45.9 Å². The highest BCUT2D eigenvalue weighted by Crippen LogP contribution is 2.38. The minimum absolute atomic E-state index is 0.214. The van der Waals surface area contributed by atoms with Gasteiger partial charge in [0.15, 0.2) is 5.82 Å². The Morgan fingerprint density at radius 2 is 1.90 bits per heavy atom. The van der Waals surface area contributed by atoms with E-state index in [0.29, 0.717) is 16.9 Å². The van der Waals surface area contributed by atoms with Gasteiger partial charge in [-0.05, 0) is 31.2 Å². The largest absolute Gasteiger partial charge is 0.507 e. The number of aromatic nitrogens is 2. The summed E-state index contributed by atoms with van der Waals surface area (Å²) in [5.41, 5.74) is -0.346. The van der Waals surface area contributed by atoms with Crippen molar-refractivity contribution in [1.82, 2.24) is 15.1 Å². The van der Waals surface area contributed by atoms with Crippen LogP contribution < -0.4 is 5.32 Å². The Bertz CT molecular complexity index is 1040. The van der Waals surface area contributed by atoms with E-state index >= 15 is 0 Å². The average Bonchev–Trinajstić information content (AvgIpc) is 3.15. The lowest BCUT2D eigenvalue weighted by Crippen LogP contribution is -2.26. The van der Waals surface area contributed by atoms with Gasteiger partial charge in [0.25, 0.3) is 0 Å². The van der Waals surface area contributed by atoms with Gasteiger partial charge in [-0.3, -0.25) is 0 Å². The van der Waals surface area contributed by atoms with Crippen LogP contribution in [0.3, 0.4) is 0 Å². The molecule has 4 rings (SSSR count). The number of nitrogens with one attached hydrogen (secondary N) is 1. The van der Waals surface area contributed by atoms with Crippen LogP contribution in [0.1, 0.15) is 18.9 Å². The number of likely N-dealkylation sites (N-methyl/N-ethyl adjacent to an activating group) is 1. The van der Waals surface area contributed by atoms with E-state index in [9.17, 15) is 18.3 Å². The molecule has 29 heavy (non-hydrogen) atoms. The van der Waals surface area contributed by atoms with E-state index in [1.807, 2.05) is 24.3 Å². The average molecular weight is 402 g/mol. The molecular weight excluding hydrogens is 381 g/mol. The maximum Gasteiger partial charge on any atom is 0.416 e. The maximum atomic E-state index is 12.9. The molecule has 0 saturated carbocycles. The first-order chi connectivity index (χ1) is 13.9. The molecule has 1 unspecified atom stereocenters. The Hall–Kier alpha value is -2.87. The Morgan fingerprint density at radius 1 is 1.14 bits per heavy atom. The van der Waals surface area contributed by atoms with Crippen LogP contribution in [0.5, 0.6) is 5.75 Å². The summed E-state index contributed by atoms with van der Waals surface area (Å²) in [5, 5.41) is 23.7. The second-order valence-electron chi connectivity index (χ2n) is 7.20. The quantitative estimate of drug-likeness (QED) is 0.672. The van der Waals surface area contributed by atoms with Gasteiger partial charge in [0.2, 0.25) is 0 Å². The van der Waals surface area contributed by atoms with Gasteiger partial charge in [0, 0.05) is 35.5 Å². The number of nitrogens with zero attached hydrogens (tertiary/aromatic N) is 3. The van der Waals surface area contributed by atoms with E-state index in [2.05, 4.69) is 27.3 Å². The number of phenols is 1. The van der Waals surface area contributed by atoms with Crippen LogP contribution in [-0.2, 0) is 6.18 Å². The Morgan fingerprint density at radius 3 is 2.55 bits per heavy atom. The number of phenolic OH excluding ortho intramolecular Hbond substituents is 1. The molecule has 2 aromatic carbocycles. The Kier molecular flexibility index (Phi) is 5.04. The van der Waals surface area contributed by atoms with Gasteiger partial charge in [0.05, 0.1) is 5.56 Å². The number of anilines is 1. The molecule has 8 heteroatoms. The number of likely N-dealkylation sites (tertiary alicyclic amines) is 1. The van der Waals surface area contributed by atoms with Crippen molar-refractivity contribution in [1.29, 1.82) is 0 Å². The monoisotopic (exact) mass is 402 g/mol. The van der Waals surface area contributed by atoms with Crippen LogP contribution in [0.15, 0.2) is 42.5 Å². The molecule has 2 N–H and O–H groups in total. The van der Waals surface area contributed by atoms with Gasteiger partial charge >= 0.3 is 6.18 Å². The molecule has 2 heterocycles. The first-order valence-electron chi connectivity index (χ1n) is 9.51. The topological polar surface area (TPSA) is 61.3 Å². The zero-order chi connectivity index (χ0) is 20.6. The zero-order valence-corrected chi connectivity index (χ0v) is 15.9. The van der Waals surface area contributed by atoms with Gasteiger partial charge in [-0.25, -0.2) is 0 Å². The van der Waals surface area contributed by atoms with E-state index in [-0.39, 0.29) is 11.6 Å². The first-order valence-corrected chi connectivity index (χ1v) is 9.51. The molecular formula is C21H21F3N4O. The van der Waals surface area contributed by atoms with Crippen molar-refractivity contribution in [2.75, 3.05) is 25.0 Å². The summed E-state index contributed by atoms with van der Waals surface area (Å²) in [6.07, 6.45) is -3.52. The molecule has 5 nitrogen and oxygen atoms in total. The Labute approximate surface area is 166 Å². The molecule has 1 aliphatic rings. The fourth-order valence-electron chi connectivity index (χ4n) is 3.75. The fraction of sp³-hybridized carbons (Fsp3) is 0.333. The van der Waals surface area contributed by atoms with Crippen molar-refractivity contribution < 1.29 is 18.3 Å². The minimum Gasteiger partial charge on any atom is -0.507 e. The highest BCUT2D eigenvalue weighted by molar-refractivity contribution is 6.00. The van der Waals surface area contributed by atoms with E-state index in [4.69, 9.17) is 0 Å². The summed E-state index contributed by atoms with van der Waals surface area (Å²) in [6, 6.07) is 10.6. The van der Waals surface area contributed by atoms with Crippen LogP contribution in [0.4, 0.5) is 19.0 Å². The number of fused-ring (bicyclic) bond motifs is 1. The summed E-state index contributed by atoms with van der Waals surface area (Å²) >= 11 is 0. The maximum absolute atomic E-state index is 12.9. The molecule has 3 aromatic rings. The van der Waals surface area contributed by atoms with Crippen LogP contribution in [0, 0.1) is 0 Å². The predicted molar refractivity (Wildman–Crippen MR) is 106 cm³/mol. The van der Waals surface area contributed by atoms with E-state index in [1.165, 1.54) is 6.07 Å². The summed E-state index contributed by atoms with van der Waals surface area (Å²) in [5.74, 6) is 0.160. The number of rotatable bonds is 4. The molecule has 1 aromatic heterocycles. The third kappa shape index (κ3) is 3.85. The van der Waals surface area contributed by atoms with Crippen molar-refractivity contribution in [2.24, 2.45) is 0 Å². The first kappa shape index (κ1) is 19.4. The molecule has 1 atom stereocenters. The summed E-state index contributed by atoms with van der Waals surface area (Å²) in [6.45, 7) is 5.07. The third-order valence-corrected chi connectivity index (χ3v) is 5.33. The summed E-state index contributed by atoms with van der Waals surface area (Å²) in [4.78, 5) is 2.35. The third-order valence-electron chi connectivity index (χ3n) is 5.33. The second kappa shape index (κ2) is 7.51. The molecule has 0 bridgehead atoms. The van der Waals surface area contributed by atoms with E-state index < -0.39 is 17.5 Å². The molecule has 0 aliphatic carbocycles. The molecule has 0 spiro atoms. The normalized spacial score (nSPS) is 17.7. The van der Waals surface area contributed by atoms with Crippen molar-refractivity contribution in [3.8, 4) is 17.0 Å². The minimum atomic E-state index is -4.52. The molecule has 1 aliphatic heterocycles. The van der Waals surface area contributed by atoms with Gasteiger partial charge in [0.1, 0.15) is 11.4 Å². The summed E-state index contributed by atoms with van der Waals surface area (Å²) in [7, 11) is 0. The number of halogens is 3. The molecule has 1 saturated heterocycles. The smallest absolute Gasteiger partial charge is 0.416 e. The van der Waals surface area contributed by atoms with Crippen molar-refractivity contribution in [3.63, 3.8) is 0 Å². The van der Waals surface area contributed by atoms with Crippen LogP contribution in [0.25, 0.3) is 22.0 Å². The highest BCUT2D eigenvalue weighted by atomic mass is 19.4. The van der Waals surface area contributed by atoms with Gasteiger partial charge < -0.3 is 15.3 Å². The van der Waals surface area contributed by atoms with Crippen molar-refractivity contribution >= 4 is 16.6 Å². The van der Waals surface area contributed by atoms with Gasteiger partial charge in [-0.2, -0.15) is 13.2 Å². The van der Waals surface area contributed by atoms with Crippen LogP contribution >= 0.6 is 0 Å². The molecule has 0 amide bonds. The number of alkyl halides is 3. The lowest BCUT2D eigenvalue weighted by atomic mass is 10.0. The lowest BCUT2D eigenvalue weighted by Gasteiger charge is -2.17. The second-order valence-corrected chi connectivity index (χ2v) is 7.20. The van der Waals surface area contributed by atoms with Gasteiger partial charge in [-0.15, -0.1) is 10.2 Å². The van der Waals surface area contributed by atoms with Crippen LogP contribution in [0.2, 0.25) is 0 Å². The number of benzene rings is 2. The molecule has 0 radical (unpaired) electrons. The van der Waals surface area contributed by atoms with E-state index in [1.54, 1.807) is 0 Å². The standard InChI is InChI=1S/C21H21F3N4O/c1-2-28-10-9-14(12-28)25-20-16-6-4-3-5-15(16)19(26-27-20)17-8-7-13(11-18(17)29)21(22,23)24/h3-8,11,14,29H,2,9-10,12H2,1H3,(H,25,27). The van der Waals surface area contributed by atoms with Crippen molar-refractivity contribution in [2.45, 2.75) is 25.6 Å². The lowest BCUT2D eigenvalue weighted by molar-refractivity contribution is -0.137. The highest BCUT2D eigenvalue weighted by Gasteiger charge is 2.31. The number of hydrogen-bond acceptors (Lipinski definition) is 5. The number of hydrogen-bond donors (Lipinski definition) is 2. The molecule has 1 fully saturated rings. The zero-order valence-electron chi connectivity index (χ0n) is 15.9. The SMILES string of the molecule is CCN1CCC(Nc2nnc(-c3ccc(C(F)(F)F)cc3O)c3ccccc23)C1. The predicted octanol–water partition coefficient (Wildman–Crippen LogP) is 4.53. The molecule has 152 valence electrons. The van der Waals surface area contributed by atoms with Gasteiger partial charge in [-0.1, -0.05) is 31.2 Å². The van der Waals surface area contributed by atoms with Crippen molar-refractivity contribution in [3.05, 3.63) is 48.0 Å². The number of aromatic hydroxyl groups is 1. The fourth-order valence-corrected chi connectivity index (χ4v) is 3.75. The Balaban J connectivity index is 1.72. The summed E-state index contributed by atoms with van der Waals surface area (Å²) < 4.78 is 38.7. The van der Waals surface area contributed by atoms with E-state index in [0.717, 1.165) is 43.6 Å².